The Morgan fingerprint density at radius 1 is 1.32 bits per heavy atom. The fraction of sp³-hybridized carbons (Fsp3) is 0.600. The second-order valence-corrected chi connectivity index (χ2v) is 7.47. The van der Waals surface area contributed by atoms with E-state index in [0.29, 0.717) is 10.7 Å². The molecule has 0 bridgehead atoms. The van der Waals surface area contributed by atoms with E-state index in [9.17, 15) is 0 Å². The van der Waals surface area contributed by atoms with Gasteiger partial charge >= 0.3 is 0 Å². The molecule has 0 aromatic carbocycles. The molecule has 104 valence electrons. The zero-order chi connectivity index (χ0) is 13.7. The maximum atomic E-state index is 4.59. The first-order chi connectivity index (χ1) is 9.03. The van der Waals surface area contributed by atoms with Gasteiger partial charge in [0.1, 0.15) is 0 Å². The van der Waals surface area contributed by atoms with Gasteiger partial charge in [0.2, 0.25) is 0 Å². The molecule has 1 aromatic heterocycles. The van der Waals surface area contributed by atoms with Crippen LogP contribution in [0.2, 0.25) is 0 Å². The molecular weight excluding hydrogens is 254 g/mol. The fourth-order valence-electron chi connectivity index (χ4n) is 2.17. The predicted molar refractivity (Wildman–Crippen MR) is 83.7 cm³/mol. The lowest BCUT2D eigenvalue weighted by atomic mass is 9.90. The Kier molecular flexibility index (Phi) is 4.86. The molecule has 2 heterocycles. The van der Waals surface area contributed by atoms with E-state index in [1.165, 1.54) is 12.0 Å². The van der Waals surface area contributed by atoms with Gasteiger partial charge in [0.15, 0.2) is 5.17 Å². The summed E-state index contributed by atoms with van der Waals surface area (Å²) in [6, 6.07) is 4.13. The molecule has 19 heavy (non-hydrogen) atoms. The summed E-state index contributed by atoms with van der Waals surface area (Å²) in [6.45, 7) is 8.78. The number of hydrogen-bond acceptors (Lipinski definition) is 4. The number of amidine groups is 1. The lowest BCUT2D eigenvalue weighted by Gasteiger charge is -2.21. The highest BCUT2D eigenvalue weighted by molar-refractivity contribution is 8.14. The molecule has 0 fully saturated rings. The molecule has 0 saturated carbocycles. The fourth-order valence-corrected chi connectivity index (χ4v) is 3.55. The third-order valence-corrected chi connectivity index (χ3v) is 4.14. The number of aromatic nitrogens is 1. The number of pyridine rings is 1. The topological polar surface area (TPSA) is 37.3 Å². The van der Waals surface area contributed by atoms with Crippen molar-refractivity contribution in [3.63, 3.8) is 0 Å². The Morgan fingerprint density at radius 3 is 2.74 bits per heavy atom. The summed E-state index contributed by atoms with van der Waals surface area (Å²) in [5.74, 6) is 0. The minimum atomic E-state index is 0.389. The maximum absolute atomic E-state index is 4.59. The van der Waals surface area contributed by atoms with Crippen molar-refractivity contribution in [3.8, 4) is 0 Å². The van der Waals surface area contributed by atoms with E-state index in [1.807, 2.05) is 24.2 Å². The van der Waals surface area contributed by atoms with Crippen LogP contribution < -0.4 is 5.32 Å². The predicted octanol–water partition coefficient (Wildman–Crippen LogP) is 3.12. The number of thioether (sulfide) groups is 1. The van der Waals surface area contributed by atoms with Crippen molar-refractivity contribution in [1.82, 2.24) is 10.3 Å². The number of aliphatic imine (C=N–C) groups is 1. The average Bonchev–Trinajstić information content (AvgIpc) is 2.76. The van der Waals surface area contributed by atoms with E-state index in [4.69, 9.17) is 0 Å². The minimum Gasteiger partial charge on any atom is -0.365 e. The van der Waals surface area contributed by atoms with Crippen LogP contribution in [0.15, 0.2) is 29.5 Å². The van der Waals surface area contributed by atoms with Gasteiger partial charge in [0.25, 0.3) is 0 Å². The van der Waals surface area contributed by atoms with E-state index in [0.717, 1.165) is 24.7 Å². The Morgan fingerprint density at radius 2 is 2.05 bits per heavy atom. The van der Waals surface area contributed by atoms with Gasteiger partial charge in [-0.3, -0.25) is 9.98 Å². The van der Waals surface area contributed by atoms with Crippen molar-refractivity contribution in [1.29, 1.82) is 0 Å². The second kappa shape index (κ2) is 6.42. The zero-order valence-corrected chi connectivity index (χ0v) is 12.8. The number of nitrogens with zero attached hydrogens (tertiary/aromatic N) is 2. The van der Waals surface area contributed by atoms with Gasteiger partial charge in [-0.1, -0.05) is 32.5 Å². The summed E-state index contributed by atoms with van der Waals surface area (Å²) in [5, 5.41) is 5.19. The van der Waals surface area contributed by atoms with Crippen LogP contribution in [0.1, 0.15) is 32.8 Å². The molecule has 2 rings (SSSR count). The lowest BCUT2D eigenvalue weighted by molar-refractivity contribution is 0.375. The van der Waals surface area contributed by atoms with Crippen molar-refractivity contribution in [3.05, 3.63) is 30.1 Å². The van der Waals surface area contributed by atoms with Crippen molar-refractivity contribution in [2.45, 2.75) is 38.9 Å². The first-order valence-electron chi connectivity index (χ1n) is 6.87. The number of rotatable bonds is 4. The second-order valence-electron chi connectivity index (χ2n) is 6.18. The highest BCUT2D eigenvalue weighted by Crippen LogP contribution is 2.31. The van der Waals surface area contributed by atoms with Crippen molar-refractivity contribution in [2.75, 3.05) is 13.1 Å². The third kappa shape index (κ3) is 5.23. The Labute approximate surface area is 120 Å². The average molecular weight is 277 g/mol. The Balaban J connectivity index is 1.68. The van der Waals surface area contributed by atoms with Crippen LogP contribution in [0, 0.1) is 5.41 Å². The Hall–Kier alpha value is -1.03. The van der Waals surface area contributed by atoms with E-state index in [2.05, 4.69) is 48.2 Å². The van der Waals surface area contributed by atoms with E-state index >= 15 is 0 Å². The standard InChI is InChI=1S/C15H23N3S/c1-15(2,3)10-13-11-18-14(19-13)17-9-6-12-4-7-16-8-5-12/h4-5,7-8,13H,6,9-11H2,1-3H3,(H,17,18). The largest absolute Gasteiger partial charge is 0.365 e. The van der Waals surface area contributed by atoms with Crippen LogP contribution in [-0.2, 0) is 6.42 Å². The molecule has 0 radical (unpaired) electrons. The molecule has 4 heteroatoms. The van der Waals surface area contributed by atoms with Crippen LogP contribution in [0.4, 0.5) is 0 Å². The van der Waals surface area contributed by atoms with Gasteiger partial charge in [-0.15, -0.1) is 0 Å². The normalized spacial score (nSPS) is 19.3. The van der Waals surface area contributed by atoms with E-state index < -0.39 is 0 Å². The van der Waals surface area contributed by atoms with Crippen LogP contribution in [0.25, 0.3) is 0 Å². The lowest BCUT2D eigenvalue weighted by Crippen LogP contribution is -2.23. The summed E-state index contributed by atoms with van der Waals surface area (Å²) in [4.78, 5) is 8.62. The molecule has 1 atom stereocenters. The van der Waals surface area contributed by atoms with E-state index in [1.54, 1.807) is 0 Å². The van der Waals surface area contributed by atoms with Crippen molar-refractivity contribution >= 4 is 16.9 Å². The zero-order valence-electron chi connectivity index (χ0n) is 12.0. The molecule has 0 amide bonds. The molecule has 1 N–H and O–H groups in total. The Bertz CT molecular complexity index is 423. The molecule has 0 aliphatic carbocycles. The van der Waals surface area contributed by atoms with Gasteiger partial charge in [0.05, 0.1) is 6.54 Å². The first-order valence-corrected chi connectivity index (χ1v) is 7.75. The number of hydrogen-bond donors (Lipinski definition) is 1. The van der Waals surface area contributed by atoms with Gasteiger partial charge in [-0.2, -0.15) is 0 Å². The van der Waals surface area contributed by atoms with E-state index in [-0.39, 0.29) is 0 Å². The molecule has 1 aromatic rings. The SMILES string of the molecule is CC(C)(C)CC1CN=C(NCCc2ccncc2)S1. The van der Waals surface area contributed by atoms with Gasteiger partial charge in [-0.25, -0.2) is 0 Å². The molecule has 0 saturated heterocycles. The molecule has 1 unspecified atom stereocenters. The third-order valence-electron chi connectivity index (χ3n) is 3.00. The minimum absolute atomic E-state index is 0.389. The van der Waals surface area contributed by atoms with Gasteiger partial charge in [-0.05, 0) is 36.0 Å². The molecular formula is C15H23N3S. The van der Waals surface area contributed by atoms with Crippen LogP contribution >= 0.6 is 11.8 Å². The quantitative estimate of drug-likeness (QED) is 0.919. The summed E-state index contributed by atoms with van der Waals surface area (Å²) in [7, 11) is 0. The highest BCUT2D eigenvalue weighted by Gasteiger charge is 2.24. The van der Waals surface area contributed by atoms with Crippen LogP contribution in [0.3, 0.4) is 0 Å². The van der Waals surface area contributed by atoms with Gasteiger partial charge in [0, 0.05) is 24.2 Å². The highest BCUT2D eigenvalue weighted by atomic mass is 32.2. The summed E-state index contributed by atoms with van der Waals surface area (Å²) in [6.07, 6.45) is 5.93. The number of nitrogens with one attached hydrogen (secondary N) is 1. The molecule has 1 aliphatic rings. The summed E-state index contributed by atoms with van der Waals surface area (Å²) >= 11 is 1.90. The smallest absolute Gasteiger partial charge is 0.156 e. The molecule has 1 aliphatic heterocycles. The molecule has 0 spiro atoms. The monoisotopic (exact) mass is 277 g/mol. The summed E-state index contributed by atoms with van der Waals surface area (Å²) in [5.41, 5.74) is 1.71. The van der Waals surface area contributed by atoms with Crippen molar-refractivity contribution < 1.29 is 0 Å². The first kappa shape index (κ1) is 14.4. The summed E-state index contributed by atoms with van der Waals surface area (Å²) < 4.78 is 0. The molecule has 3 nitrogen and oxygen atoms in total. The van der Waals surface area contributed by atoms with Crippen molar-refractivity contribution in [2.24, 2.45) is 10.4 Å². The van der Waals surface area contributed by atoms with Gasteiger partial charge < -0.3 is 5.32 Å². The van der Waals surface area contributed by atoms with Crippen LogP contribution in [-0.4, -0.2) is 28.5 Å². The van der Waals surface area contributed by atoms with Crippen LogP contribution in [0.5, 0.6) is 0 Å². The maximum Gasteiger partial charge on any atom is 0.156 e.